The van der Waals surface area contributed by atoms with E-state index in [-0.39, 0.29) is 11.5 Å². The molecule has 1 fully saturated rings. The van der Waals surface area contributed by atoms with Crippen molar-refractivity contribution in [3.63, 3.8) is 0 Å². The lowest BCUT2D eigenvalue weighted by molar-refractivity contribution is -0.117. The van der Waals surface area contributed by atoms with Crippen LogP contribution in [0.4, 0.5) is 5.82 Å². The van der Waals surface area contributed by atoms with Crippen LogP contribution in [0.2, 0.25) is 0 Å². The van der Waals surface area contributed by atoms with Crippen molar-refractivity contribution in [2.75, 3.05) is 38.0 Å². The van der Waals surface area contributed by atoms with Gasteiger partial charge in [0, 0.05) is 61.3 Å². The van der Waals surface area contributed by atoms with Crippen molar-refractivity contribution in [3.05, 3.63) is 68.3 Å². The van der Waals surface area contributed by atoms with Crippen molar-refractivity contribution in [2.45, 2.75) is 13.1 Å². The van der Waals surface area contributed by atoms with Gasteiger partial charge in [-0.05, 0) is 11.4 Å². The van der Waals surface area contributed by atoms with Crippen LogP contribution < -0.4 is 10.9 Å². The summed E-state index contributed by atoms with van der Waals surface area (Å²) in [5, 5.41) is 11.2. The van der Waals surface area contributed by atoms with Crippen molar-refractivity contribution in [3.8, 4) is 0 Å². The molecule has 0 unspecified atom stereocenters. The number of aromatic nitrogens is 4. The van der Waals surface area contributed by atoms with Gasteiger partial charge in [-0.1, -0.05) is 6.07 Å². The second-order valence-corrected chi connectivity index (χ2v) is 9.60. The van der Waals surface area contributed by atoms with Gasteiger partial charge in [0.25, 0.3) is 5.56 Å². The minimum Gasteiger partial charge on any atom is -0.310 e. The summed E-state index contributed by atoms with van der Waals surface area (Å²) in [6.45, 7) is 4.88. The minimum absolute atomic E-state index is 0.0378. The fraction of sp³-hybridized carbons (Fsp3) is 0.333. The second-order valence-electron chi connectivity index (χ2n) is 7.70. The van der Waals surface area contributed by atoms with Crippen LogP contribution in [0.15, 0.2) is 52.2 Å². The number of carbonyl (C=O) groups is 1. The lowest BCUT2D eigenvalue weighted by Crippen LogP contribution is -2.48. The van der Waals surface area contributed by atoms with Gasteiger partial charge in [0.1, 0.15) is 5.82 Å². The first-order chi connectivity index (χ1) is 15.6. The first-order valence-electron chi connectivity index (χ1n) is 10.4. The molecule has 0 radical (unpaired) electrons. The molecule has 0 spiro atoms. The summed E-state index contributed by atoms with van der Waals surface area (Å²) in [4.78, 5) is 35.7. The van der Waals surface area contributed by atoms with Crippen molar-refractivity contribution in [1.29, 1.82) is 0 Å². The number of rotatable bonds is 7. The Balaban J connectivity index is 1.11. The van der Waals surface area contributed by atoms with Crippen LogP contribution >= 0.6 is 22.7 Å². The van der Waals surface area contributed by atoms with E-state index in [4.69, 9.17) is 0 Å². The van der Waals surface area contributed by atoms with Gasteiger partial charge in [-0.2, -0.15) is 5.10 Å². The molecule has 9 nitrogen and oxygen atoms in total. The molecule has 0 aliphatic carbocycles. The summed E-state index contributed by atoms with van der Waals surface area (Å²) in [6.07, 6.45) is 3.45. The Kier molecular flexibility index (Phi) is 6.12. The molecule has 5 heterocycles. The van der Waals surface area contributed by atoms with Crippen LogP contribution in [0, 0.1) is 0 Å². The molecule has 32 heavy (non-hydrogen) atoms. The molecular formula is C21H23N7O2S2. The Morgan fingerprint density at radius 3 is 2.72 bits per heavy atom. The maximum absolute atomic E-state index is 12.6. The smallest absolute Gasteiger partial charge is 0.258 e. The number of anilines is 1. The second kappa shape index (κ2) is 9.33. The number of amides is 1. The highest BCUT2D eigenvalue weighted by molar-refractivity contribution is 7.15. The zero-order valence-corrected chi connectivity index (χ0v) is 19.0. The van der Waals surface area contributed by atoms with E-state index >= 15 is 0 Å². The molecule has 166 valence electrons. The van der Waals surface area contributed by atoms with Crippen LogP contribution in [0.5, 0.6) is 0 Å². The van der Waals surface area contributed by atoms with Gasteiger partial charge in [0.2, 0.25) is 5.91 Å². The van der Waals surface area contributed by atoms with E-state index in [2.05, 4.69) is 31.3 Å². The lowest BCUT2D eigenvalue weighted by Gasteiger charge is -2.34. The number of nitrogens with zero attached hydrogens (tertiary/aromatic N) is 6. The van der Waals surface area contributed by atoms with Gasteiger partial charge in [0.05, 0.1) is 25.0 Å². The largest absolute Gasteiger partial charge is 0.310 e. The summed E-state index contributed by atoms with van der Waals surface area (Å²) in [5.74, 6) is 0.674. The number of piperazine rings is 1. The Hall–Kier alpha value is -2.86. The molecule has 0 atom stereocenters. The Bertz CT molecular complexity index is 1250. The molecule has 1 N–H and O–H groups in total. The van der Waals surface area contributed by atoms with Gasteiger partial charge in [0.15, 0.2) is 4.96 Å². The molecule has 0 saturated carbocycles. The van der Waals surface area contributed by atoms with E-state index in [0.717, 1.165) is 36.8 Å². The number of thiophene rings is 1. The van der Waals surface area contributed by atoms with E-state index in [1.807, 2.05) is 27.6 Å². The van der Waals surface area contributed by atoms with Crippen LogP contribution in [0.25, 0.3) is 4.96 Å². The standard InChI is InChI=1S/C21H23N7O2S2/c29-19(24-18-3-4-22-28(18)14-17-2-1-10-31-17)15-26-7-5-25(6-8-26)13-16-12-20(30)27-9-11-32-21(27)23-16/h1-4,9-12H,5-8,13-15H2,(H,24,29). The topological polar surface area (TPSA) is 87.8 Å². The maximum Gasteiger partial charge on any atom is 0.258 e. The van der Waals surface area contributed by atoms with Gasteiger partial charge in [-0.3, -0.25) is 23.8 Å². The van der Waals surface area contributed by atoms with Crippen molar-refractivity contribution < 1.29 is 4.79 Å². The Morgan fingerprint density at radius 2 is 1.91 bits per heavy atom. The summed E-state index contributed by atoms with van der Waals surface area (Å²) < 4.78 is 3.37. The molecule has 0 aromatic carbocycles. The third-order valence-electron chi connectivity index (χ3n) is 5.44. The van der Waals surface area contributed by atoms with Gasteiger partial charge >= 0.3 is 0 Å². The average molecular weight is 470 g/mol. The van der Waals surface area contributed by atoms with E-state index in [0.29, 0.717) is 25.5 Å². The SMILES string of the molecule is O=C(CN1CCN(Cc2cc(=O)n3ccsc3n2)CC1)Nc1ccnn1Cc1cccs1. The summed E-state index contributed by atoms with van der Waals surface area (Å²) in [6, 6.07) is 7.50. The summed E-state index contributed by atoms with van der Waals surface area (Å²) >= 11 is 3.13. The van der Waals surface area contributed by atoms with Crippen LogP contribution in [-0.4, -0.2) is 67.6 Å². The molecule has 4 aromatic rings. The highest BCUT2D eigenvalue weighted by atomic mass is 32.1. The third-order valence-corrected chi connectivity index (χ3v) is 7.06. The van der Waals surface area contributed by atoms with Crippen LogP contribution in [-0.2, 0) is 17.9 Å². The fourth-order valence-electron chi connectivity index (χ4n) is 3.80. The van der Waals surface area contributed by atoms with E-state index < -0.39 is 0 Å². The summed E-state index contributed by atoms with van der Waals surface area (Å²) in [5.41, 5.74) is 0.752. The van der Waals surface area contributed by atoms with Gasteiger partial charge in [-0.15, -0.1) is 22.7 Å². The Morgan fingerprint density at radius 1 is 1.06 bits per heavy atom. The molecule has 1 aliphatic heterocycles. The van der Waals surface area contributed by atoms with Crippen LogP contribution in [0.1, 0.15) is 10.6 Å². The average Bonchev–Trinajstić information content (AvgIpc) is 3.53. The molecule has 1 aliphatic rings. The predicted octanol–water partition coefficient (Wildman–Crippen LogP) is 1.82. The van der Waals surface area contributed by atoms with Crippen molar-refractivity contribution in [2.24, 2.45) is 0 Å². The molecule has 0 bridgehead atoms. The number of nitrogens with one attached hydrogen (secondary N) is 1. The molecule has 1 saturated heterocycles. The van der Waals surface area contributed by atoms with E-state index in [1.165, 1.54) is 16.2 Å². The number of thiazole rings is 1. The van der Waals surface area contributed by atoms with Gasteiger partial charge in [-0.25, -0.2) is 9.67 Å². The first-order valence-corrected chi connectivity index (χ1v) is 12.1. The minimum atomic E-state index is -0.0418. The maximum atomic E-state index is 12.6. The molecule has 4 aromatic heterocycles. The zero-order valence-electron chi connectivity index (χ0n) is 17.4. The zero-order chi connectivity index (χ0) is 21.9. The molecule has 11 heteroatoms. The monoisotopic (exact) mass is 469 g/mol. The molecule has 1 amide bonds. The van der Waals surface area contributed by atoms with Crippen molar-refractivity contribution in [1.82, 2.24) is 29.0 Å². The summed E-state index contributed by atoms with van der Waals surface area (Å²) in [7, 11) is 0. The number of carbonyl (C=O) groups excluding carboxylic acids is 1. The fourth-order valence-corrected chi connectivity index (χ4v) is 5.23. The highest BCUT2D eigenvalue weighted by Gasteiger charge is 2.20. The van der Waals surface area contributed by atoms with Crippen LogP contribution in [0.3, 0.4) is 0 Å². The number of fused-ring (bicyclic) bond motifs is 1. The van der Waals surface area contributed by atoms with Gasteiger partial charge < -0.3 is 5.32 Å². The first kappa shape index (κ1) is 21.0. The highest BCUT2D eigenvalue weighted by Crippen LogP contribution is 2.15. The predicted molar refractivity (Wildman–Crippen MR) is 125 cm³/mol. The Labute approximate surface area is 192 Å². The normalized spacial score (nSPS) is 15.4. The quantitative estimate of drug-likeness (QED) is 0.444. The lowest BCUT2D eigenvalue weighted by atomic mass is 10.2. The number of hydrogen-bond donors (Lipinski definition) is 1. The molecular weight excluding hydrogens is 446 g/mol. The third kappa shape index (κ3) is 4.80. The number of hydrogen-bond acceptors (Lipinski definition) is 8. The van der Waals surface area contributed by atoms with Crippen molar-refractivity contribution >= 4 is 39.4 Å². The van der Waals surface area contributed by atoms with E-state index in [1.54, 1.807) is 34.2 Å². The molecule has 5 rings (SSSR count). The van der Waals surface area contributed by atoms with E-state index in [9.17, 15) is 9.59 Å².